The van der Waals surface area contributed by atoms with Gasteiger partial charge < -0.3 is 9.64 Å². The highest BCUT2D eigenvalue weighted by Crippen LogP contribution is 2.29. The maximum absolute atomic E-state index is 12.3. The molecule has 2 heterocycles. The summed E-state index contributed by atoms with van der Waals surface area (Å²) in [5, 5.41) is 2.46. The zero-order valence-electron chi connectivity index (χ0n) is 13.0. The van der Waals surface area contributed by atoms with Crippen LogP contribution in [0.15, 0.2) is 24.3 Å². The molecular weight excluding hydrogens is 280 g/mol. The average molecular weight is 302 g/mol. The molecule has 3 rings (SSSR count). The minimum atomic E-state index is -0.297. The van der Waals surface area contributed by atoms with Gasteiger partial charge in [-0.2, -0.15) is 0 Å². The minimum absolute atomic E-state index is 0.179. The number of rotatable bonds is 4. The second kappa shape index (κ2) is 6.08. The summed E-state index contributed by atoms with van der Waals surface area (Å²) in [6.45, 7) is 5.57. The molecule has 2 aliphatic heterocycles. The number of imide groups is 1. The zero-order valence-corrected chi connectivity index (χ0v) is 13.0. The molecule has 0 spiro atoms. The van der Waals surface area contributed by atoms with Gasteiger partial charge in [0.15, 0.2) is 0 Å². The van der Waals surface area contributed by atoms with E-state index in [4.69, 9.17) is 4.74 Å². The van der Waals surface area contributed by atoms with Crippen LogP contribution >= 0.6 is 0 Å². The predicted molar refractivity (Wildman–Crippen MR) is 83.8 cm³/mol. The lowest BCUT2D eigenvalue weighted by Crippen LogP contribution is -2.60. The molecule has 118 valence electrons. The van der Waals surface area contributed by atoms with Crippen molar-refractivity contribution in [2.75, 3.05) is 18.1 Å². The third-order valence-electron chi connectivity index (χ3n) is 4.39. The van der Waals surface area contributed by atoms with Gasteiger partial charge in [0.1, 0.15) is 6.04 Å². The predicted octanol–water partition coefficient (Wildman–Crippen LogP) is 1.82. The van der Waals surface area contributed by atoms with Crippen molar-refractivity contribution in [2.24, 2.45) is 0 Å². The van der Waals surface area contributed by atoms with E-state index in [1.54, 1.807) is 0 Å². The van der Waals surface area contributed by atoms with Crippen molar-refractivity contribution in [2.45, 2.75) is 44.7 Å². The van der Waals surface area contributed by atoms with Crippen molar-refractivity contribution in [1.82, 2.24) is 5.32 Å². The molecule has 0 radical (unpaired) electrons. The van der Waals surface area contributed by atoms with Crippen molar-refractivity contribution in [1.29, 1.82) is 0 Å². The Bertz CT molecular complexity index is 581. The van der Waals surface area contributed by atoms with E-state index in [0.29, 0.717) is 32.0 Å². The number of anilines is 1. The van der Waals surface area contributed by atoms with Crippen LogP contribution in [0.25, 0.3) is 0 Å². The maximum atomic E-state index is 12.3. The second-order valence-corrected chi connectivity index (χ2v) is 6.32. The quantitative estimate of drug-likeness (QED) is 0.862. The molecular formula is C17H22N2O3. The molecule has 0 aromatic heterocycles. The SMILES string of the molecule is CC(C)c1cccc(N(C2COC2)C2CCC(=O)NC2=O)c1. The zero-order chi connectivity index (χ0) is 15.7. The van der Waals surface area contributed by atoms with E-state index in [-0.39, 0.29) is 23.9 Å². The van der Waals surface area contributed by atoms with Crippen LogP contribution < -0.4 is 10.2 Å². The topological polar surface area (TPSA) is 58.6 Å². The largest absolute Gasteiger partial charge is 0.377 e. The molecule has 1 aromatic rings. The molecule has 2 aliphatic rings. The number of nitrogens with zero attached hydrogens (tertiary/aromatic N) is 1. The van der Waals surface area contributed by atoms with E-state index in [2.05, 4.69) is 36.2 Å². The molecule has 5 nitrogen and oxygen atoms in total. The monoisotopic (exact) mass is 302 g/mol. The summed E-state index contributed by atoms with van der Waals surface area (Å²) in [7, 11) is 0. The fraction of sp³-hybridized carbons (Fsp3) is 0.529. The molecule has 1 unspecified atom stereocenters. The summed E-state index contributed by atoms with van der Waals surface area (Å²) in [5.41, 5.74) is 2.28. The van der Waals surface area contributed by atoms with Crippen molar-refractivity contribution in [3.05, 3.63) is 29.8 Å². The van der Waals surface area contributed by atoms with E-state index >= 15 is 0 Å². The number of amides is 2. The van der Waals surface area contributed by atoms with Gasteiger partial charge >= 0.3 is 0 Å². The van der Waals surface area contributed by atoms with Crippen LogP contribution in [0, 0.1) is 0 Å². The van der Waals surface area contributed by atoms with Gasteiger partial charge in [0, 0.05) is 12.1 Å². The highest BCUT2D eigenvalue weighted by Gasteiger charge is 2.38. The van der Waals surface area contributed by atoms with Crippen LogP contribution in [0.4, 0.5) is 5.69 Å². The van der Waals surface area contributed by atoms with Gasteiger partial charge in [-0.1, -0.05) is 26.0 Å². The summed E-state index contributed by atoms with van der Waals surface area (Å²) >= 11 is 0. The molecule has 5 heteroatoms. The number of piperidine rings is 1. The standard InChI is InChI=1S/C17H22N2O3/c1-11(2)12-4-3-5-13(8-12)19(14-9-22-10-14)15-6-7-16(20)18-17(15)21/h3-5,8,11,14-15H,6-7,9-10H2,1-2H3,(H,18,20,21). The summed E-state index contributed by atoms with van der Waals surface area (Å²) in [5.74, 6) is 0.0568. The van der Waals surface area contributed by atoms with Crippen LogP contribution in [0.2, 0.25) is 0 Å². The summed E-state index contributed by atoms with van der Waals surface area (Å²) in [6, 6.07) is 8.22. The number of ether oxygens (including phenoxy) is 1. The van der Waals surface area contributed by atoms with E-state index < -0.39 is 0 Å². The van der Waals surface area contributed by atoms with E-state index in [0.717, 1.165) is 5.69 Å². The Morgan fingerprint density at radius 2 is 2.05 bits per heavy atom. The molecule has 22 heavy (non-hydrogen) atoms. The van der Waals surface area contributed by atoms with Gasteiger partial charge in [0.25, 0.3) is 0 Å². The highest BCUT2D eigenvalue weighted by molar-refractivity contribution is 6.01. The van der Waals surface area contributed by atoms with Gasteiger partial charge in [-0.25, -0.2) is 0 Å². The molecule has 2 amide bonds. The first-order valence-corrected chi connectivity index (χ1v) is 7.86. The Morgan fingerprint density at radius 3 is 2.64 bits per heavy atom. The van der Waals surface area contributed by atoms with Crippen LogP contribution in [0.5, 0.6) is 0 Å². The van der Waals surface area contributed by atoms with Gasteiger partial charge in [0.05, 0.1) is 19.3 Å². The first-order chi connectivity index (χ1) is 10.6. The molecule has 0 saturated carbocycles. The Balaban J connectivity index is 1.91. The fourth-order valence-corrected chi connectivity index (χ4v) is 3.02. The Labute approximate surface area is 130 Å². The molecule has 1 N–H and O–H groups in total. The molecule has 2 fully saturated rings. The number of hydrogen-bond donors (Lipinski definition) is 1. The Hall–Kier alpha value is -1.88. The molecule has 2 saturated heterocycles. The highest BCUT2D eigenvalue weighted by atomic mass is 16.5. The number of carbonyl (C=O) groups is 2. The lowest BCUT2D eigenvalue weighted by Gasteiger charge is -2.44. The third kappa shape index (κ3) is 2.86. The van der Waals surface area contributed by atoms with Gasteiger partial charge in [-0.3, -0.25) is 14.9 Å². The number of carbonyl (C=O) groups excluding carboxylic acids is 2. The van der Waals surface area contributed by atoms with Gasteiger partial charge in [-0.05, 0) is 30.0 Å². The van der Waals surface area contributed by atoms with E-state index in [1.807, 2.05) is 12.1 Å². The van der Waals surface area contributed by atoms with Crippen LogP contribution in [0.1, 0.15) is 38.2 Å². The normalized spacial score (nSPS) is 22.4. The second-order valence-electron chi connectivity index (χ2n) is 6.32. The maximum Gasteiger partial charge on any atom is 0.249 e. The number of benzene rings is 1. The van der Waals surface area contributed by atoms with Gasteiger partial charge in [0.2, 0.25) is 11.8 Å². The fourth-order valence-electron chi connectivity index (χ4n) is 3.02. The Kier molecular flexibility index (Phi) is 4.16. The lowest BCUT2D eigenvalue weighted by atomic mass is 9.98. The summed E-state index contributed by atoms with van der Waals surface area (Å²) in [6.07, 6.45) is 0.956. The first-order valence-electron chi connectivity index (χ1n) is 7.86. The smallest absolute Gasteiger partial charge is 0.249 e. The Morgan fingerprint density at radius 1 is 1.27 bits per heavy atom. The lowest BCUT2D eigenvalue weighted by molar-refractivity contribution is -0.134. The molecule has 1 atom stereocenters. The summed E-state index contributed by atoms with van der Waals surface area (Å²) < 4.78 is 5.32. The van der Waals surface area contributed by atoms with Crippen LogP contribution in [0.3, 0.4) is 0 Å². The number of hydrogen-bond acceptors (Lipinski definition) is 4. The third-order valence-corrected chi connectivity index (χ3v) is 4.39. The van der Waals surface area contributed by atoms with Crippen LogP contribution in [-0.2, 0) is 14.3 Å². The van der Waals surface area contributed by atoms with E-state index in [9.17, 15) is 9.59 Å². The minimum Gasteiger partial charge on any atom is -0.377 e. The number of nitrogens with one attached hydrogen (secondary N) is 1. The van der Waals surface area contributed by atoms with Crippen molar-refractivity contribution >= 4 is 17.5 Å². The van der Waals surface area contributed by atoms with E-state index in [1.165, 1.54) is 5.56 Å². The van der Waals surface area contributed by atoms with Gasteiger partial charge in [-0.15, -0.1) is 0 Å². The molecule has 0 bridgehead atoms. The molecule has 0 aliphatic carbocycles. The summed E-state index contributed by atoms with van der Waals surface area (Å²) in [4.78, 5) is 25.8. The van der Waals surface area contributed by atoms with Crippen molar-refractivity contribution < 1.29 is 14.3 Å². The van der Waals surface area contributed by atoms with Crippen molar-refractivity contribution in [3.63, 3.8) is 0 Å². The van der Waals surface area contributed by atoms with Crippen molar-refractivity contribution in [3.8, 4) is 0 Å². The average Bonchev–Trinajstić information content (AvgIpc) is 2.43. The first kappa shape index (κ1) is 15.0. The molecule has 1 aromatic carbocycles. The van der Waals surface area contributed by atoms with Crippen LogP contribution in [-0.4, -0.2) is 37.1 Å².